The van der Waals surface area contributed by atoms with Gasteiger partial charge in [0.25, 0.3) is 5.69 Å². The minimum Gasteiger partial charge on any atom is -0.287 e. The quantitative estimate of drug-likeness (QED) is 0.334. The third-order valence-corrected chi connectivity index (χ3v) is 2.88. The van der Waals surface area contributed by atoms with Crippen LogP contribution in [0.2, 0.25) is 0 Å². The fraction of sp³-hybridized carbons (Fsp3) is 0.417. The summed E-state index contributed by atoms with van der Waals surface area (Å²) in [4.78, 5) is 20.7. The lowest BCUT2D eigenvalue weighted by molar-refractivity contribution is -0.384. The van der Waals surface area contributed by atoms with E-state index in [0.29, 0.717) is 6.42 Å². The molecule has 0 aliphatic heterocycles. The highest BCUT2D eigenvalue weighted by molar-refractivity contribution is 9.18. The number of halogens is 1. The van der Waals surface area contributed by atoms with Crippen LogP contribution in [0.1, 0.15) is 31.2 Å². The molecule has 0 atom stereocenters. The van der Waals surface area contributed by atoms with Gasteiger partial charge in [-0.15, -0.1) is 0 Å². The average molecular weight is 300 g/mol. The summed E-state index contributed by atoms with van der Waals surface area (Å²) in [7, 11) is 0. The number of carbonyl (C=O) groups excluding carboxylic acids is 1. The van der Waals surface area contributed by atoms with Crippen LogP contribution in [-0.4, -0.2) is 9.62 Å². The zero-order valence-corrected chi connectivity index (χ0v) is 11.0. The molecule has 4 nitrogen and oxygen atoms in total. The van der Waals surface area contributed by atoms with Crippen LogP contribution in [0.4, 0.5) is 5.69 Å². The van der Waals surface area contributed by atoms with Gasteiger partial charge in [-0.1, -0.05) is 18.6 Å². The lowest BCUT2D eigenvalue weighted by Gasteiger charge is -2.00. The van der Waals surface area contributed by atoms with Gasteiger partial charge < -0.3 is 0 Å². The number of rotatable bonds is 7. The van der Waals surface area contributed by atoms with E-state index >= 15 is 0 Å². The van der Waals surface area contributed by atoms with Crippen LogP contribution in [0.3, 0.4) is 0 Å². The van der Waals surface area contributed by atoms with E-state index in [1.165, 1.54) is 12.1 Å². The maximum atomic E-state index is 10.6. The second kappa shape index (κ2) is 7.17. The number of carbonyl (C=O) groups is 1. The van der Waals surface area contributed by atoms with Crippen LogP contribution >= 0.6 is 15.9 Å². The first kappa shape index (κ1) is 13.8. The zero-order valence-electron chi connectivity index (χ0n) is 9.39. The molecule has 5 heteroatoms. The molecule has 1 aromatic rings. The topological polar surface area (TPSA) is 60.2 Å². The van der Waals surface area contributed by atoms with Gasteiger partial charge in [0.1, 0.15) is 0 Å². The second-order valence-electron chi connectivity index (χ2n) is 3.84. The zero-order chi connectivity index (χ0) is 12.7. The summed E-state index contributed by atoms with van der Waals surface area (Å²) >= 11 is 2.89. The minimum absolute atomic E-state index is 0.0489. The molecule has 0 saturated heterocycles. The summed E-state index contributed by atoms with van der Waals surface area (Å²) in [6.45, 7) is 0. The van der Waals surface area contributed by atoms with Crippen molar-refractivity contribution in [3.8, 4) is 0 Å². The molecule has 1 aromatic carbocycles. The van der Waals surface area contributed by atoms with Crippen molar-refractivity contribution in [2.24, 2.45) is 0 Å². The number of hydrogen-bond acceptors (Lipinski definition) is 3. The summed E-state index contributed by atoms with van der Waals surface area (Å²) in [6.07, 6.45) is 4.35. The molecule has 0 heterocycles. The molecule has 0 fully saturated rings. The van der Waals surface area contributed by atoms with Crippen LogP contribution in [0.15, 0.2) is 24.3 Å². The lowest BCUT2D eigenvalue weighted by atomic mass is 10.1. The molecule has 0 aliphatic carbocycles. The van der Waals surface area contributed by atoms with E-state index in [1.54, 1.807) is 12.1 Å². The molecule has 0 aliphatic rings. The Morgan fingerprint density at radius 3 is 2.35 bits per heavy atom. The van der Waals surface area contributed by atoms with Crippen molar-refractivity contribution in [1.82, 2.24) is 0 Å². The highest BCUT2D eigenvalue weighted by atomic mass is 79.9. The second-order valence-corrected chi connectivity index (χ2v) is 4.72. The first-order valence-electron chi connectivity index (χ1n) is 5.51. The predicted molar refractivity (Wildman–Crippen MR) is 69.2 cm³/mol. The number of nitrogens with zero attached hydrogens (tertiary/aromatic N) is 1. The molecular formula is C12H14BrNO3. The molecule has 0 saturated carbocycles. The lowest BCUT2D eigenvalue weighted by Crippen LogP contribution is -1.90. The van der Waals surface area contributed by atoms with Gasteiger partial charge in [-0.3, -0.25) is 14.9 Å². The average Bonchev–Trinajstić information content (AvgIpc) is 2.29. The third kappa shape index (κ3) is 5.58. The maximum absolute atomic E-state index is 10.6. The fourth-order valence-corrected chi connectivity index (χ4v) is 1.83. The van der Waals surface area contributed by atoms with Gasteiger partial charge in [0.15, 0.2) is 4.69 Å². The van der Waals surface area contributed by atoms with Gasteiger partial charge in [0.05, 0.1) is 4.92 Å². The van der Waals surface area contributed by atoms with Gasteiger partial charge in [-0.25, -0.2) is 0 Å². The molecule has 0 unspecified atom stereocenters. The standard InChI is InChI=1S/C12H14BrNO3/c13-12(15)5-3-1-2-4-10-6-8-11(9-7-10)14(16)17/h6-9H,1-5H2. The molecular weight excluding hydrogens is 286 g/mol. The van der Waals surface area contributed by atoms with Gasteiger partial charge >= 0.3 is 0 Å². The van der Waals surface area contributed by atoms with Crippen molar-refractivity contribution in [2.75, 3.05) is 0 Å². The molecule has 0 aromatic heterocycles. The smallest absolute Gasteiger partial charge is 0.269 e. The number of unbranched alkanes of at least 4 members (excludes halogenated alkanes) is 2. The summed E-state index contributed by atoms with van der Waals surface area (Å²) in [5.74, 6) is 0. The van der Waals surface area contributed by atoms with Crippen molar-refractivity contribution < 1.29 is 9.72 Å². The van der Waals surface area contributed by atoms with Gasteiger partial charge in [-0.2, -0.15) is 0 Å². The highest BCUT2D eigenvalue weighted by Gasteiger charge is 2.03. The molecule has 0 spiro atoms. The van der Waals surface area contributed by atoms with Crippen LogP contribution in [-0.2, 0) is 11.2 Å². The normalized spacial score (nSPS) is 10.2. The summed E-state index contributed by atoms with van der Waals surface area (Å²) in [5.41, 5.74) is 1.22. The van der Waals surface area contributed by atoms with E-state index in [-0.39, 0.29) is 10.4 Å². The summed E-state index contributed by atoms with van der Waals surface area (Å²) in [5, 5.41) is 10.4. The Morgan fingerprint density at radius 1 is 1.18 bits per heavy atom. The number of nitro groups is 1. The van der Waals surface area contributed by atoms with E-state index in [9.17, 15) is 14.9 Å². The third-order valence-electron chi connectivity index (χ3n) is 2.49. The Balaban J connectivity index is 2.27. The fourth-order valence-electron chi connectivity index (χ4n) is 1.55. The summed E-state index contributed by atoms with van der Waals surface area (Å²) in [6, 6.07) is 6.62. The van der Waals surface area contributed by atoms with Gasteiger partial charge in [0, 0.05) is 18.6 Å². The first-order valence-corrected chi connectivity index (χ1v) is 6.30. The van der Waals surface area contributed by atoms with E-state index in [4.69, 9.17) is 0 Å². The number of benzene rings is 1. The van der Waals surface area contributed by atoms with Crippen LogP contribution in [0.5, 0.6) is 0 Å². The Bertz CT molecular complexity index is 389. The Labute approximate surface area is 108 Å². The molecule has 1 rings (SSSR count). The van der Waals surface area contributed by atoms with Crippen molar-refractivity contribution in [1.29, 1.82) is 0 Å². The number of aryl methyl sites for hydroxylation is 1. The van der Waals surface area contributed by atoms with Crippen LogP contribution < -0.4 is 0 Å². The first-order chi connectivity index (χ1) is 8.09. The SMILES string of the molecule is O=C(Br)CCCCCc1ccc([N+](=O)[O-])cc1. The van der Waals surface area contributed by atoms with Crippen LogP contribution in [0, 0.1) is 10.1 Å². The highest BCUT2D eigenvalue weighted by Crippen LogP contribution is 2.14. The maximum Gasteiger partial charge on any atom is 0.269 e. The van der Waals surface area contributed by atoms with Crippen molar-refractivity contribution >= 4 is 26.3 Å². The number of nitro benzene ring substituents is 1. The van der Waals surface area contributed by atoms with Crippen LogP contribution in [0.25, 0.3) is 0 Å². The van der Waals surface area contributed by atoms with E-state index in [0.717, 1.165) is 31.2 Å². The van der Waals surface area contributed by atoms with Crippen molar-refractivity contribution in [3.05, 3.63) is 39.9 Å². The van der Waals surface area contributed by atoms with E-state index in [1.807, 2.05) is 0 Å². The molecule has 0 radical (unpaired) electrons. The van der Waals surface area contributed by atoms with Gasteiger partial charge in [0.2, 0.25) is 0 Å². The van der Waals surface area contributed by atoms with E-state index in [2.05, 4.69) is 15.9 Å². The molecule has 17 heavy (non-hydrogen) atoms. The minimum atomic E-state index is -0.397. The van der Waals surface area contributed by atoms with Gasteiger partial charge in [-0.05, 0) is 40.8 Å². The van der Waals surface area contributed by atoms with Crippen molar-refractivity contribution in [3.63, 3.8) is 0 Å². The molecule has 0 bridgehead atoms. The molecule has 0 N–H and O–H groups in total. The van der Waals surface area contributed by atoms with E-state index < -0.39 is 4.92 Å². The molecule has 92 valence electrons. The largest absolute Gasteiger partial charge is 0.287 e. The number of non-ortho nitro benzene ring substituents is 1. The monoisotopic (exact) mass is 299 g/mol. The Kier molecular flexibility index (Phi) is 5.83. The Morgan fingerprint density at radius 2 is 1.82 bits per heavy atom. The number of hydrogen-bond donors (Lipinski definition) is 0. The molecule has 0 amide bonds. The Hall–Kier alpha value is -1.23. The van der Waals surface area contributed by atoms with Crippen molar-refractivity contribution in [2.45, 2.75) is 32.1 Å². The summed E-state index contributed by atoms with van der Waals surface area (Å²) < 4.78 is 0.0489. The predicted octanol–water partition coefficient (Wildman–Crippen LogP) is 3.62.